The highest BCUT2D eigenvalue weighted by Crippen LogP contribution is 2.23. The first kappa shape index (κ1) is 11.7. The van der Waals surface area contributed by atoms with Crippen molar-refractivity contribution >= 4 is 21.8 Å². The highest BCUT2D eigenvalue weighted by Gasteiger charge is 2.36. The lowest BCUT2D eigenvalue weighted by molar-refractivity contribution is -0.137. The van der Waals surface area contributed by atoms with Gasteiger partial charge in [0.1, 0.15) is 0 Å². The van der Waals surface area contributed by atoms with Gasteiger partial charge >= 0.3 is 5.97 Å². The van der Waals surface area contributed by atoms with Gasteiger partial charge in [0.05, 0.1) is 17.4 Å². The molecule has 1 aromatic carbocycles. The largest absolute Gasteiger partial charge is 0.481 e. The molecule has 1 unspecified atom stereocenters. The van der Waals surface area contributed by atoms with Crippen LogP contribution in [0.3, 0.4) is 0 Å². The minimum atomic E-state index is -3.80. The third kappa shape index (κ3) is 2.06. The van der Waals surface area contributed by atoms with Crippen molar-refractivity contribution in [2.45, 2.75) is 17.4 Å². The van der Waals surface area contributed by atoms with Crippen LogP contribution in [-0.4, -0.2) is 31.3 Å². The molecule has 0 saturated heterocycles. The van der Waals surface area contributed by atoms with E-state index >= 15 is 0 Å². The molecule has 0 fully saturated rings. The van der Waals surface area contributed by atoms with Gasteiger partial charge in [0.2, 0.25) is 10.0 Å². The third-order valence-electron chi connectivity index (χ3n) is 2.43. The molecule has 90 valence electrons. The molecular formula is C10H9NO5S. The highest BCUT2D eigenvalue weighted by atomic mass is 32.2. The van der Waals surface area contributed by atoms with Gasteiger partial charge in [-0.3, -0.25) is 9.59 Å². The smallest absolute Gasteiger partial charge is 0.305 e. The number of sulfonamides is 1. The zero-order valence-electron chi connectivity index (χ0n) is 8.58. The second kappa shape index (κ2) is 3.94. The van der Waals surface area contributed by atoms with Crippen LogP contribution in [0.2, 0.25) is 0 Å². The fourth-order valence-corrected chi connectivity index (χ4v) is 3.11. The number of carboxylic acid groups (broad SMARTS) is 1. The molecule has 1 aromatic rings. The van der Waals surface area contributed by atoms with Crippen LogP contribution in [0, 0.1) is 0 Å². The Hall–Kier alpha value is -1.73. The highest BCUT2D eigenvalue weighted by molar-refractivity contribution is 7.89. The monoisotopic (exact) mass is 255 g/mol. The first-order chi connectivity index (χ1) is 7.92. The van der Waals surface area contributed by atoms with E-state index in [2.05, 4.69) is 4.72 Å². The quantitative estimate of drug-likeness (QED) is 0.775. The van der Waals surface area contributed by atoms with Crippen LogP contribution in [-0.2, 0) is 14.8 Å². The van der Waals surface area contributed by atoms with Gasteiger partial charge in [-0.2, -0.15) is 4.72 Å². The second-order valence-corrected chi connectivity index (χ2v) is 5.31. The first-order valence-corrected chi connectivity index (χ1v) is 6.27. The van der Waals surface area contributed by atoms with Crippen LogP contribution in [0.1, 0.15) is 16.8 Å². The lowest BCUT2D eigenvalue weighted by Crippen LogP contribution is -2.46. The number of carbonyl (C=O) groups is 2. The second-order valence-electron chi connectivity index (χ2n) is 3.63. The van der Waals surface area contributed by atoms with E-state index in [1.165, 1.54) is 24.3 Å². The Morgan fingerprint density at radius 2 is 2.00 bits per heavy atom. The molecule has 0 radical (unpaired) electrons. The van der Waals surface area contributed by atoms with Gasteiger partial charge in [0.25, 0.3) is 0 Å². The van der Waals surface area contributed by atoms with Crippen LogP contribution in [0.5, 0.6) is 0 Å². The zero-order valence-corrected chi connectivity index (χ0v) is 9.40. The predicted molar refractivity (Wildman–Crippen MR) is 57.1 cm³/mol. The molecule has 0 saturated carbocycles. The van der Waals surface area contributed by atoms with Crippen molar-refractivity contribution in [2.24, 2.45) is 0 Å². The molecule has 1 aliphatic heterocycles. The Morgan fingerprint density at radius 1 is 1.35 bits per heavy atom. The van der Waals surface area contributed by atoms with Crippen LogP contribution >= 0.6 is 0 Å². The summed E-state index contributed by atoms with van der Waals surface area (Å²) in [7, 11) is -3.80. The number of ketones is 1. The number of carboxylic acids is 1. The van der Waals surface area contributed by atoms with E-state index in [0.29, 0.717) is 0 Å². The van der Waals surface area contributed by atoms with Gasteiger partial charge in [-0.25, -0.2) is 8.42 Å². The molecule has 2 rings (SSSR count). The number of fused-ring (bicyclic) bond motifs is 1. The standard InChI is InChI=1S/C10H9NO5S/c12-9(13)5-7-10(14)6-3-1-2-4-8(6)17(15,16)11-7/h1-4,7,11H,5H2,(H,12,13). The topological polar surface area (TPSA) is 101 Å². The average molecular weight is 255 g/mol. The minimum absolute atomic E-state index is 0.0394. The van der Waals surface area contributed by atoms with Gasteiger partial charge in [0, 0.05) is 5.56 Å². The van der Waals surface area contributed by atoms with E-state index in [1.54, 1.807) is 0 Å². The molecule has 0 bridgehead atoms. The van der Waals surface area contributed by atoms with Crippen LogP contribution in [0.4, 0.5) is 0 Å². The molecule has 0 aliphatic carbocycles. The Bertz CT molecular complexity index is 592. The molecule has 1 heterocycles. The van der Waals surface area contributed by atoms with Gasteiger partial charge in [-0.05, 0) is 12.1 Å². The van der Waals surface area contributed by atoms with Gasteiger partial charge in [0.15, 0.2) is 5.78 Å². The predicted octanol–water partition coefficient (Wildman–Crippen LogP) is 0.00450. The average Bonchev–Trinajstić information content (AvgIpc) is 2.25. The number of aliphatic carboxylic acids is 1. The summed E-state index contributed by atoms with van der Waals surface area (Å²) < 4.78 is 25.6. The number of rotatable bonds is 2. The van der Waals surface area contributed by atoms with Crippen LogP contribution < -0.4 is 4.72 Å². The number of Topliss-reactive ketones (excluding diaryl/α,β-unsaturated/α-hetero) is 1. The summed E-state index contributed by atoms with van der Waals surface area (Å²) in [6, 6.07) is 4.50. The van der Waals surface area contributed by atoms with Gasteiger partial charge in [-0.1, -0.05) is 12.1 Å². The molecule has 0 spiro atoms. The normalized spacial score (nSPS) is 21.9. The Kier molecular flexibility index (Phi) is 2.72. The van der Waals surface area contributed by atoms with Gasteiger partial charge < -0.3 is 5.11 Å². The van der Waals surface area contributed by atoms with Crippen molar-refractivity contribution in [1.82, 2.24) is 4.72 Å². The molecule has 0 amide bonds. The maximum Gasteiger partial charge on any atom is 0.305 e. The van der Waals surface area contributed by atoms with E-state index in [9.17, 15) is 18.0 Å². The summed E-state index contributed by atoms with van der Waals surface area (Å²) in [5.41, 5.74) is 0.0394. The van der Waals surface area contributed by atoms with E-state index < -0.39 is 34.2 Å². The summed E-state index contributed by atoms with van der Waals surface area (Å²) in [6.07, 6.45) is -0.563. The maximum absolute atomic E-state index is 11.8. The summed E-state index contributed by atoms with van der Waals surface area (Å²) in [6.45, 7) is 0. The molecule has 17 heavy (non-hydrogen) atoms. The Morgan fingerprint density at radius 3 is 2.65 bits per heavy atom. The molecule has 7 heteroatoms. The van der Waals surface area contributed by atoms with Crippen molar-refractivity contribution in [3.8, 4) is 0 Å². The summed E-state index contributed by atoms with van der Waals surface area (Å²) >= 11 is 0. The molecular weight excluding hydrogens is 246 g/mol. The molecule has 6 nitrogen and oxygen atoms in total. The first-order valence-electron chi connectivity index (χ1n) is 4.79. The number of benzene rings is 1. The fourth-order valence-electron chi connectivity index (χ4n) is 1.71. The lowest BCUT2D eigenvalue weighted by Gasteiger charge is -2.23. The number of hydrogen-bond donors (Lipinski definition) is 2. The summed E-state index contributed by atoms with van der Waals surface area (Å²) in [5, 5.41) is 8.61. The van der Waals surface area contributed by atoms with Crippen molar-refractivity contribution in [3.63, 3.8) is 0 Å². The van der Waals surface area contributed by atoms with Crippen molar-refractivity contribution < 1.29 is 23.1 Å². The molecule has 0 aromatic heterocycles. The Labute approximate surface area is 97.3 Å². The summed E-state index contributed by atoms with van der Waals surface area (Å²) in [4.78, 5) is 22.3. The molecule has 1 atom stereocenters. The number of carbonyl (C=O) groups excluding carboxylic acids is 1. The lowest BCUT2D eigenvalue weighted by atomic mass is 10.0. The van der Waals surface area contributed by atoms with Crippen molar-refractivity contribution in [1.29, 1.82) is 0 Å². The van der Waals surface area contributed by atoms with Crippen molar-refractivity contribution in [3.05, 3.63) is 29.8 Å². The van der Waals surface area contributed by atoms with E-state index in [1.807, 2.05) is 0 Å². The van der Waals surface area contributed by atoms with E-state index in [-0.39, 0.29) is 10.5 Å². The van der Waals surface area contributed by atoms with Crippen LogP contribution in [0.25, 0.3) is 0 Å². The number of nitrogens with one attached hydrogen (secondary N) is 1. The number of hydrogen-bond acceptors (Lipinski definition) is 4. The third-order valence-corrected chi connectivity index (χ3v) is 3.96. The minimum Gasteiger partial charge on any atom is -0.481 e. The maximum atomic E-state index is 11.8. The van der Waals surface area contributed by atoms with Crippen LogP contribution in [0.15, 0.2) is 29.2 Å². The fraction of sp³-hybridized carbons (Fsp3) is 0.200. The molecule has 1 aliphatic rings. The SMILES string of the molecule is O=C(O)CC1NS(=O)(=O)c2ccccc2C1=O. The van der Waals surface area contributed by atoms with Gasteiger partial charge in [-0.15, -0.1) is 0 Å². The molecule has 2 N–H and O–H groups in total. The van der Waals surface area contributed by atoms with Crippen molar-refractivity contribution in [2.75, 3.05) is 0 Å². The Balaban J connectivity index is 2.52. The summed E-state index contributed by atoms with van der Waals surface area (Å²) in [5.74, 6) is -1.75. The van der Waals surface area contributed by atoms with E-state index in [4.69, 9.17) is 5.11 Å². The van der Waals surface area contributed by atoms with E-state index in [0.717, 1.165) is 0 Å². The zero-order chi connectivity index (χ0) is 12.6.